The molecule has 2 fully saturated rings. The second-order valence-electron chi connectivity index (χ2n) is 6.06. The molecule has 2 heterocycles. The molecule has 0 spiro atoms. The van der Waals surface area contributed by atoms with Crippen LogP contribution >= 0.6 is 0 Å². The molecule has 2 aliphatic heterocycles. The molecule has 0 radical (unpaired) electrons. The van der Waals surface area contributed by atoms with Crippen LogP contribution in [0.15, 0.2) is 0 Å². The summed E-state index contributed by atoms with van der Waals surface area (Å²) in [6, 6.07) is -0.256. The fourth-order valence-electron chi connectivity index (χ4n) is 2.78. The van der Waals surface area contributed by atoms with Crippen LogP contribution in [0.4, 0.5) is 0 Å². The topological polar surface area (TPSA) is 92.9 Å². The lowest BCUT2D eigenvalue weighted by Crippen LogP contribution is -2.52. The molecule has 7 nitrogen and oxygen atoms in total. The normalized spacial score (nSPS) is 31.0. The highest BCUT2D eigenvalue weighted by molar-refractivity contribution is 7.91. The van der Waals surface area contributed by atoms with Crippen molar-refractivity contribution in [2.45, 2.75) is 31.5 Å². The van der Waals surface area contributed by atoms with Gasteiger partial charge < -0.3 is 15.4 Å². The molecule has 8 heteroatoms. The van der Waals surface area contributed by atoms with E-state index in [1.807, 2.05) is 11.8 Å². The van der Waals surface area contributed by atoms with E-state index in [0.717, 1.165) is 0 Å². The largest absolute Gasteiger partial charge is 0.374 e. The molecule has 2 saturated heterocycles. The maximum atomic E-state index is 12.3. The van der Waals surface area contributed by atoms with Crippen molar-refractivity contribution < 1.29 is 17.9 Å². The first-order chi connectivity index (χ1) is 9.78. The first kappa shape index (κ1) is 16.7. The third-order valence-corrected chi connectivity index (χ3v) is 6.02. The minimum atomic E-state index is -2.97. The van der Waals surface area contributed by atoms with Crippen LogP contribution in [0.5, 0.6) is 0 Å². The van der Waals surface area contributed by atoms with E-state index in [1.54, 1.807) is 11.9 Å². The summed E-state index contributed by atoms with van der Waals surface area (Å²) in [7, 11) is -1.28. The Balaban J connectivity index is 1.86. The Morgan fingerprint density at radius 2 is 2.24 bits per heavy atom. The van der Waals surface area contributed by atoms with E-state index in [4.69, 9.17) is 10.5 Å². The van der Waals surface area contributed by atoms with Gasteiger partial charge in [0.05, 0.1) is 30.8 Å². The molecule has 2 N–H and O–H groups in total. The standard InChI is InChI=1S/C13H25N3O4S/c1-10(14)12-7-16(4-5-20-12)8-13(17)15(2)11-3-6-21(18,19)9-11/h10-12H,3-9,14H2,1-2H3. The van der Waals surface area contributed by atoms with Crippen LogP contribution in [0.3, 0.4) is 0 Å². The molecule has 3 atom stereocenters. The van der Waals surface area contributed by atoms with Crippen LogP contribution in [0.25, 0.3) is 0 Å². The molecule has 0 aromatic carbocycles. The number of amides is 1. The average molecular weight is 319 g/mol. The first-order valence-corrected chi connectivity index (χ1v) is 9.16. The smallest absolute Gasteiger partial charge is 0.236 e. The molecule has 2 rings (SSSR count). The lowest BCUT2D eigenvalue weighted by Gasteiger charge is -2.35. The number of nitrogens with zero attached hydrogens (tertiary/aromatic N) is 2. The number of rotatable bonds is 4. The van der Waals surface area contributed by atoms with Crippen molar-refractivity contribution in [3.8, 4) is 0 Å². The third kappa shape index (κ3) is 4.38. The molecule has 3 unspecified atom stereocenters. The molecule has 1 amide bonds. The number of hydrogen-bond donors (Lipinski definition) is 1. The molecular weight excluding hydrogens is 294 g/mol. The Bertz CT molecular complexity index is 480. The summed E-state index contributed by atoms with van der Waals surface area (Å²) in [4.78, 5) is 15.9. The molecule has 21 heavy (non-hydrogen) atoms. The van der Waals surface area contributed by atoms with Crippen LogP contribution in [0.1, 0.15) is 13.3 Å². The molecule has 0 bridgehead atoms. The number of carbonyl (C=O) groups excluding carboxylic acids is 1. The van der Waals surface area contributed by atoms with Crippen LogP contribution in [-0.2, 0) is 19.4 Å². The van der Waals surface area contributed by atoms with Gasteiger partial charge in [0.2, 0.25) is 5.91 Å². The van der Waals surface area contributed by atoms with E-state index < -0.39 is 9.84 Å². The fraction of sp³-hybridized carbons (Fsp3) is 0.923. The van der Waals surface area contributed by atoms with E-state index >= 15 is 0 Å². The van der Waals surface area contributed by atoms with E-state index in [1.165, 1.54) is 0 Å². The highest BCUT2D eigenvalue weighted by Crippen LogP contribution is 2.17. The number of hydrogen-bond acceptors (Lipinski definition) is 6. The van der Waals surface area contributed by atoms with E-state index in [-0.39, 0.29) is 35.6 Å². The Morgan fingerprint density at radius 1 is 1.52 bits per heavy atom. The minimum Gasteiger partial charge on any atom is -0.374 e. The maximum Gasteiger partial charge on any atom is 0.236 e. The van der Waals surface area contributed by atoms with Crippen molar-refractivity contribution in [1.82, 2.24) is 9.80 Å². The molecule has 122 valence electrons. The summed E-state index contributed by atoms with van der Waals surface area (Å²) >= 11 is 0. The lowest BCUT2D eigenvalue weighted by atomic mass is 10.1. The zero-order chi connectivity index (χ0) is 15.6. The van der Waals surface area contributed by atoms with Crippen molar-refractivity contribution in [3.63, 3.8) is 0 Å². The van der Waals surface area contributed by atoms with Gasteiger partial charge in [-0.15, -0.1) is 0 Å². The summed E-state index contributed by atoms with van der Waals surface area (Å²) in [6.45, 7) is 4.10. The number of nitrogens with two attached hydrogens (primary N) is 1. The maximum absolute atomic E-state index is 12.3. The van der Waals surface area contributed by atoms with Crippen LogP contribution < -0.4 is 5.73 Å². The quantitative estimate of drug-likeness (QED) is 0.691. The van der Waals surface area contributed by atoms with Gasteiger partial charge in [-0.3, -0.25) is 9.69 Å². The highest BCUT2D eigenvalue weighted by atomic mass is 32.2. The predicted octanol–water partition coefficient (Wildman–Crippen LogP) is -1.32. The second-order valence-corrected chi connectivity index (χ2v) is 8.29. The zero-order valence-corrected chi connectivity index (χ0v) is 13.5. The van der Waals surface area contributed by atoms with Crippen molar-refractivity contribution in [1.29, 1.82) is 0 Å². The summed E-state index contributed by atoms with van der Waals surface area (Å²) in [5.41, 5.74) is 5.84. The number of morpholine rings is 1. The summed E-state index contributed by atoms with van der Waals surface area (Å²) in [6.07, 6.45) is 0.486. The Labute approximate surface area is 126 Å². The number of likely N-dealkylation sites (N-methyl/N-ethyl adjacent to an activating group) is 1. The van der Waals surface area contributed by atoms with Gasteiger partial charge >= 0.3 is 0 Å². The lowest BCUT2D eigenvalue weighted by molar-refractivity contribution is -0.135. The van der Waals surface area contributed by atoms with Crippen molar-refractivity contribution >= 4 is 15.7 Å². The average Bonchev–Trinajstić information content (AvgIpc) is 2.78. The molecular formula is C13H25N3O4S. The van der Waals surface area contributed by atoms with Crippen molar-refractivity contribution in [3.05, 3.63) is 0 Å². The number of sulfone groups is 1. The highest BCUT2D eigenvalue weighted by Gasteiger charge is 2.33. The first-order valence-electron chi connectivity index (χ1n) is 7.34. The van der Waals surface area contributed by atoms with E-state index in [0.29, 0.717) is 32.7 Å². The predicted molar refractivity (Wildman–Crippen MR) is 79.7 cm³/mol. The summed E-state index contributed by atoms with van der Waals surface area (Å²) < 4.78 is 28.6. The Hall–Kier alpha value is -0.700. The second kappa shape index (κ2) is 6.60. The van der Waals surface area contributed by atoms with Gasteiger partial charge in [-0.25, -0.2) is 8.42 Å². The third-order valence-electron chi connectivity index (χ3n) is 4.27. The summed E-state index contributed by atoms with van der Waals surface area (Å²) in [5.74, 6) is 0.225. The van der Waals surface area contributed by atoms with E-state index in [9.17, 15) is 13.2 Å². The Morgan fingerprint density at radius 3 is 2.81 bits per heavy atom. The van der Waals surface area contributed by atoms with E-state index in [2.05, 4.69) is 0 Å². The molecule has 0 aliphatic carbocycles. The monoisotopic (exact) mass is 319 g/mol. The van der Waals surface area contributed by atoms with Gasteiger partial charge in [0.15, 0.2) is 9.84 Å². The number of ether oxygens (including phenoxy) is 1. The van der Waals surface area contributed by atoms with Gasteiger partial charge in [0, 0.05) is 32.2 Å². The van der Waals surface area contributed by atoms with Gasteiger partial charge in [-0.2, -0.15) is 0 Å². The van der Waals surface area contributed by atoms with Gasteiger partial charge in [0.25, 0.3) is 0 Å². The molecule has 0 aromatic rings. The Kier molecular flexibility index (Phi) is 5.24. The minimum absolute atomic E-state index is 0.0394. The molecule has 0 saturated carbocycles. The van der Waals surface area contributed by atoms with Gasteiger partial charge in [-0.1, -0.05) is 0 Å². The van der Waals surface area contributed by atoms with Crippen LogP contribution in [0, 0.1) is 0 Å². The fourth-order valence-corrected chi connectivity index (χ4v) is 4.55. The number of carbonyl (C=O) groups is 1. The van der Waals surface area contributed by atoms with Crippen LogP contribution in [-0.4, -0.2) is 87.1 Å². The summed E-state index contributed by atoms with van der Waals surface area (Å²) in [5, 5.41) is 0. The van der Waals surface area contributed by atoms with Crippen molar-refractivity contribution in [2.24, 2.45) is 5.73 Å². The zero-order valence-electron chi connectivity index (χ0n) is 12.7. The SMILES string of the molecule is CC(N)C1CN(CC(=O)N(C)C2CCS(=O)(=O)C2)CCO1. The van der Waals surface area contributed by atoms with Gasteiger partial charge in [0.1, 0.15) is 0 Å². The van der Waals surface area contributed by atoms with Gasteiger partial charge in [-0.05, 0) is 13.3 Å². The van der Waals surface area contributed by atoms with Crippen LogP contribution in [0.2, 0.25) is 0 Å². The van der Waals surface area contributed by atoms with Crippen molar-refractivity contribution in [2.75, 3.05) is 44.8 Å². The molecule has 0 aromatic heterocycles. The molecule has 2 aliphatic rings.